The van der Waals surface area contributed by atoms with Gasteiger partial charge in [0.1, 0.15) is 0 Å². The maximum absolute atomic E-state index is 5.66. The highest BCUT2D eigenvalue weighted by Gasteiger charge is 2.11. The summed E-state index contributed by atoms with van der Waals surface area (Å²) < 4.78 is 4.59. The first-order valence-electron chi connectivity index (χ1n) is 8.70. The van der Waals surface area contributed by atoms with Gasteiger partial charge in [0, 0.05) is 26.4 Å². The first-order valence-corrected chi connectivity index (χ1v) is 10.3. The molecule has 26 heavy (non-hydrogen) atoms. The van der Waals surface area contributed by atoms with Crippen LogP contribution in [0.25, 0.3) is 0 Å². The van der Waals surface area contributed by atoms with Gasteiger partial charge < -0.3 is 10.3 Å². The number of halogens is 2. The van der Waals surface area contributed by atoms with Gasteiger partial charge >= 0.3 is 0 Å². The molecule has 0 radical (unpaired) electrons. The Hall–Kier alpha value is -1.36. The molecular formula is C22H26Br2N2. The Bertz CT molecular complexity index is 833. The fourth-order valence-corrected chi connectivity index (χ4v) is 3.83. The Kier molecular flexibility index (Phi) is 7.69. The van der Waals surface area contributed by atoms with Gasteiger partial charge in [-0.25, -0.2) is 0 Å². The molecule has 0 amide bonds. The van der Waals surface area contributed by atoms with Gasteiger partial charge in [-0.2, -0.15) is 0 Å². The third kappa shape index (κ3) is 5.57. The minimum atomic E-state index is 0.123. The summed E-state index contributed by atoms with van der Waals surface area (Å²) in [5.74, 6) is 0. The van der Waals surface area contributed by atoms with Crippen LogP contribution in [0.15, 0.2) is 69.6 Å². The summed E-state index contributed by atoms with van der Waals surface area (Å²) in [5, 5.41) is 0. The maximum atomic E-state index is 5.66. The number of hydrogen-bond acceptors (Lipinski definition) is 1. The number of benzene rings is 2. The molecule has 0 spiro atoms. The van der Waals surface area contributed by atoms with Crippen LogP contribution < -0.4 is 5.73 Å². The minimum absolute atomic E-state index is 0.123. The minimum Gasteiger partial charge on any atom is -0.342 e. The van der Waals surface area contributed by atoms with E-state index >= 15 is 0 Å². The second kappa shape index (κ2) is 9.54. The van der Waals surface area contributed by atoms with Crippen LogP contribution in [0.5, 0.6) is 0 Å². The number of nitrogens with two attached hydrogens (primary N) is 1. The molecule has 4 heteroatoms. The van der Waals surface area contributed by atoms with Gasteiger partial charge in [-0.1, -0.05) is 56.1 Å². The predicted molar refractivity (Wildman–Crippen MR) is 119 cm³/mol. The van der Waals surface area contributed by atoms with E-state index in [1.165, 1.54) is 17.0 Å². The Morgan fingerprint density at radius 3 is 1.65 bits per heavy atom. The summed E-state index contributed by atoms with van der Waals surface area (Å²) in [5.41, 5.74) is 10.8. The highest BCUT2D eigenvalue weighted by molar-refractivity contribution is 9.10. The van der Waals surface area contributed by atoms with Crippen LogP contribution in [-0.2, 0) is 0 Å². The van der Waals surface area contributed by atoms with E-state index in [-0.39, 0.29) is 6.04 Å². The molecule has 2 atom stereocenters. The molecule has 0 saturated heterocycles. The summed E-state index contributed by atoms with van der Waals surface area (Å²) in [6.07, 6.45) is 0. The van der Waals surface area contributed by atoms with Crippen LogP contribution in [-0.4, -0.2) is 4.57 Å². The number of hydrogen-bond donors (Lipinski definition) is 1. The topological polar surface area (TPSA) is 30.9 Å². The molecule has 3 rings (SSSR count). The van der Waals surface area contributed by atoms with Crippen LogP contribution in [0.1, 0.15) is 48.4 Å². The van der Waals surface area contributed by atoms with E-state index in [0.717, 1.165) is 14.5 Å². The van der Waals surface area contributed by atoms with Crippen LogP contribution in [0, 0.1) is 13.8 Å². The van der Waals surface area contributed by atoms with Crippen molar-refractivity contribution in [3.8, 4) is 0 Å². The molecule has 138 valence electrons. The largest absolute Gasteiger partial charge is 0.342 e. The first-order chi connectivity index (χ1) is 12.3. The normalized spacial score (nSPS) is 12.9. The van der Waals surface area contributed by atoms with Crippen molar-refractivity contribution in [1.29, 1.82) is 0 Å². The SMILES string of the molecule is C[C@@H](N)c1cccc(Br)c1.Cc1ccc(C)n1[C@H](C)c1cccc(Br)c1. The summed E-state index contributed by atoms with van der Waals surface area (Å²) in [4.78, 5) is 0. The standard InChI is InChI=1S/C14H16BrN.C8H10BrN/c1-10-7-8-11(2)16(10)12(3)13-5-4-6-14(15)9-13;1-6(10)7-3-2-4-8(9)5-7/h4-9,12H,1-3H3;2-6H,10H2,1H3/t12-;6-/m11/s1. The van der Waals surface area contributed by atoms with Crippen LogP contribution >= 0.6 is 31.9 Å². The zero-order chi connectivity index (χ0) is 19.3. The Morgan fingerprint density at radius 2 is 1.23 bits per heavy atom. The average Bonchev–Trinajstić information content (AvgIpc) is 2.93. The third-order valence-corrected chi connectivity index (χ3v) is 5.41. The molecule has 0 unspecified atom stereocenters. The smallest absolute Gasteiger partial charge is 0.0557 e. The summed E-state index contributed by atoms with van der Waals surface area (Å²) in [6, 6.07) is 21.4. The lowest BCUT2D eigenvalue weighted by Crippen LogP contribution is -2.09. The van der Waals surface area contributed by atoms with Crippen molar-refractivity contribution in [2.75, 3.05) is 0 Å². The Balaban J connectivity index is 0.000000209. The van der Waals surface area contributed by atoms with Gasteiger partial charge in [-0.05, 0) is 75.2 Å². The van der Waals surface area contributed by atoms with E-state index in [0.29, 0.717) is 6.04 Å². The van der Waals surface area contributed by atoms with Gasteiger partial charge in [-0.3, -0.25) is 0 Å². The quantitative estimate of drug-likeness (QED) is 0.434. The van der Waals surface area contributed by atoms with Crippen molar-refractivity contribution in [3.63, 3.8) is 0 Å². The van der Waals surface area contributed by atoms with E-state index in [2.05, 4.69) is 93.6 Å². The lowest BCUT2D eigenvalue weighted by atomic mass is 10.1. The molecule has 2 aromatic carbocycles. The lowest BCUT2D eigenvalue weighted by Gasteiger charge is -2.19. The molecule has 0 bridgehead atoms. The van der Waals surface area contributed by atoms with Gasteiger partial charge in [0.2, 0.25) is 0 Å². The molecule has 2 nitrogen and oxygen atoms in total. The van der Waals surface area contributed by atoms with Crippen LogP contribution in [0.4, 0.5) is 0 Å². The number of rotatable bonds is 3. The Labute approximate surface area is 173 Å². The van der Waals surface area contributed by atoms with Crippen LogP contribution in [0.2, 0.25) is 0 Å². The van der Waals surface area contributed by atoms with Crippen molar-refractivity contribution in [3.05, 3.63) is 92.1 Å². The van der Waals surface area contributed by atoms with E-state index in [1.54, 1.807) is 0 Å². The summed E-state index contributed by atoms with van der Waals surface area (Å²) in [6.45, 7) is 8.52. The van der Waals surface area contributed by atoms with Crippen LogP contribution in [0.3, 0.4) is 0 Å². The van der Waals surface area contributed by atoms with Gasteiger partial charge in [-0.15, -0.1) is 0 Å². The molecule has 0 aliphatic rings. The maximum Gasteiger partial charge on any atom is 0.0557 e. The molecule has 1 aromatic heterocycles. The van der Waals surface area contributed by atoms with E-state index in [9.17, 15) is 0 Å². The van der Waals surface area contributed by atoms with Crippen molar-refractivity contribution < 1.29 is 0 Å². The summed E-state index contributed by atoms with van der Waals surface area (Å²) in [7, 11) is 0. The molecule has 1 heterocycles. The molecular weight excluding hydrogens is 452 g/mol. The van der Waals surface area contributed by atoms with Gasteiger partial charge in [0.15, 0.2) is 0 Å². The van der Waals surface area contributed by atoms with Gasteiger partial charge in [0.05, 0.1) is 6.04 Å². The molecule has 0 aliphatic heterocycles. The monoisotopic (exact) mass is 476 g/mol. The number of aromatic nitrogens is 1. The van der Waals surface area contributed by atoms with Crippen molar-refractivity contribution in [2.24, 2.45) is 5.73 Å². The van der Waals surface area contributed by atoms with Crippen molar-refractivity contribution >= 4 is 31.9 Å². The molecule has 0 saturated carbocycles. The molecule has 2 N–H and O–H groups in total. The molecule has 0 fully saturated rings. The second-order valence-electron chi connectivity index (χ2n) is 6.56. The Morgan fingerprint density at radius 1 is 0.769 bits per heavy atom. The predicted octanol–water partition coefficient (Wildman–Crippen LogP) is 6.95. The van der Waals surface area contributed by atoms with E-state index < -0.39 is 0 Å². The lowest BCUT2D eigenvalue weighted by molar-refractivity contribution is 0.610. The highest BCUT2D eigenvalue weighted by atomic mass is 79.9. The van der Waals surface area contributed by atoms with E-state index in [1.807, 2.05) is 31.2 Å². The zero-order valence-corrected chi connectivity index (χ0v) is 18.9. The van der Waals surface area contributed by atoms with Crippen molar-refractivity contribution in [2.45, 2.75) is 39.8 Å². The average molecular weight is 478 g/mol. The van der Waals surface area contributed by atoms with Gasteiger partial charge in [0.25, 0.3) is 0 Å². The van der Waals surface area contributed by atoms with E-state index in [4.69, 9.17) is 5.73 Å². The number of nitrogens with zero attached hydrogens (tertiary/aromatic N) is 1. The third-order valence-electron chi connectivity index (χ3n) is 4.42. The second-order valence-corrected chi connectivity index (χ2v) is 8.39. The van der Waals surface area contributed by atoms with Crippen molar-refractivity contribution in [1.82, 2.24) is 4.57 Å². The molecule has 0 aliphatic carbocycles. The fraction of sp³-hybridized carbons (Fsp3) is 0.273. The number of aryl methyl sites for hydroxylation is 2. The fourth-order valence-electron chi connectivity index (χ4n) is 3.00. The summed E-state index contributed by atoms with van der Waals surface area (Å²) >= 11 is 6.90. The first kappa shape index (κ1) is 20.9. The molecule has 3 aromatic rings. The highest BCUT2D eigenvalue weighted by Crippen LogP contribution is 2.24. The zero-order valence-electron chi connectivity index (χ0n) is 15.7.